The van der Waals surface area contributed by atoms with Gasteiger partial charge < -0.3 is 15.2 Å². The molecule has 0 aliphatic carbocycles. The maximum absolute atomic E-state index is 5.49. The predicted octanol–water partition coefficient (Wildman–Crippen LogP) is 2.60. The van der Waals surface area contributed by atoms with Crippen LogP contribution in [0.3, 0.4) is 0 Å². The Morgan fingerprint density at radius 2 is 2.19 bits per heavy atom. The molecule has 0 atom stereocenters. The number of ether oxygens (including phenoxy) is 2. The van der Waals surface area contributed by atoms with Crippen molar-refractivity contribution >= 4 is 15.9 Å². The van der Waals surface area contributed by atoms with Crippen LogP contribution in [0.5, 0.6) is 5.75 Å². The second-order valence-electron chi connectivity index (χ2n) is 3.91. The molecule has 0 unspecified atom stereocenters. The lowest BCUT2D eigenvalue weighted by atomic mass is 10.0. The van der Waals surface area contributed by atoms with Gasteiger partial charge >= 0.3 is 0 Å². The summed E-state index contributed by atoms with van der Waals surface area (Å²) in [7, 11) is 0. The van der Waals surface area contributed by atoms with E-state index in [0.29, 0.717) is 13.4 Å². The van der Waals surface area contributed by atoms with Gasteiger partial charge in [0.1, 0.15) is 5.75 Å². The van der Waals surface area contributed by atoms with E-state index < -0.39 is 0 Å². The fraction of sp³-hybridized carbons (Fsp3) is 0.500. The zero-order chi connectivity index (χ0) is 11.4. The fourth-order valence-electron chi connectivity index (χ4n) is 1.79. The Labute approximate surface area is 104 Å². The zero-order valence-electron chi connectivity index (χ0n) is 9.17. The third-order valence-corrected chi connectivity index (χ3v) is 3.42. The molecule has 0 saturated carbocycles. The molecule has 16 heavy (non-hydrogen) atoms. The van der Waals surface area contributed by atoms with Gasteiger partial charge in [-0.1, -0.05) is 15.9 Å². The van der Waals surface area contributed by atoms with Gasteiger partial charge in [-0.05, 0) is 43.5 Å². The minimum absolute atomic E-state index is 0.358. The highest BCUT2D eigenvalue weighted by Crippen LogP contribution is 2.31. The predicted molar refractivity (Wildman–Crippen MR) is 66.4 cm³/mol. The topological polar surface area (TPSA) is 44.5 Å². The molecule has 0 radical (unpaired) electrons. The number of hydrogen-bond donors (Lipinski definition) is 1. The van der Waals surface area contributed by atoms with E-state index in [9.17, 15) is 0 Å². The van der Waals surface area contributed by atoms with Crippen LogP contribution in [0, 0.1) is 0 Å². The molecule has 2 rings (SSSR count). The molecule has 88 valence electrons. The molecule has 1 aromatic carbocycles. The molecular weight excluding hydrogens is 270 g/mol. The van der Waals surface area contributed by atoms with Crippen LogP contribution in [0.1, 0.15) is 24.0 Å². The average molecular weight is 286 g/mol. The molecule has 0 saturated heterocycles. The molecule has 2 N–H and O–H groups in total. The maximum atomic E-state index is 5.49. The van der Waals surface area contributed by atoms with E-state index in [1.807, 2.05) is 0 Å². The number of halogens is 1. The number of hydrogen-bond acceptors (Lipinski definition) is 3. The first-order chi connectivity index (χ1) is 7.81. The first-order valence-electron chi connectivity index (χ1n) is 5.53. The molecule has 1 aliphatic heterocycles. The fourth-order valence-corrected chi connectivity index (χ4v) is 2.38. The molecule has 4 heteroatoms. The smallest absolute Gasteiger partial charge is 0.189 e. The van der Waals surface area contributed by atoms with Crippen molar-refractivity contribution in [3.05, 3.63) is 27.7 Å². The largest absolute Gasteiger partial charge is 0.467 e. The molecule has 0 aromatic heterocycles. The summed E-state index contributed by atoms with van der Waals surface area (Å²) in [5.74, 6) is 0.956. The number of nitrogens with two attached hydrogens (primary N) is 1. The minimum atomic E-state index is 0.358. The maximum Gasteiger partial charge on any atom is 0.189 e. The van der Waals surface area contributed by atoms with Crippen molar-refractivity contribution in [2.45, 2.75) is 25.9 Å². The second-order valence-corrected chi connectivity index (χ2v) is 4.76. The molecule has 0 fully saturated rings. The standard InChI is InChI=1S/C12H16BrNO2/c13-11-5-10-7-15-8-16-12(10)6-9(11)3-1-2-4-14/h5-6H,1-4,7-8,14H2. The first-order valence-corrected chi connectivity index (χ1v) is 6.32. The summed E-state index contributed by atoms with van der Waals surface area (Å²) >= 11 is 3.59. The van der Waals surface area contributed by atoms with Crippen LogP contribution in [0.4, 0.5) is 0 Å². The van der Waals surface area contributed by atoms with Crippen LogP contribution < -0.4 is 10.5 Å². The number of rotatable bonds is 4. The zero-order valence-corrected chi connectivity index (χ0v) is 10.8. The van der Waals surface area contributed by atoms with E-state index in [4.69, 9.17) is 15.2 Å². The second kappa shape index (κ2) is 5.66. The summed E-state index contributed by atoms with van der Waals surface area (Å²) in [6.07, 6.45) is 3.22. The van der Waals surface area contributed by atoms with Gasteiger partial charge in [-0.15, -0.1) is 0 Å². The summed E-state index contributed by atoms with van der Waals surface area (Å²) in [4.78, 5) is 0. The van der Waals surface area contributed by atoms with Gasteiger partial charge in [-0.2, -0.15) is 0 Å². The van der Waals surface area contributed by atoms with Crippen LogP contribution in [-0.2, 0) is 17.8 Å². The first kappa shape index (κ1) is 11.9. The summed E-state index contributed by atoms with van der Waals surface area (Å²) in [5, 5.41) is 0. The molecule has 0 amide bonds. The highest BCUT2D eigenvalue weighted by Gasteiger charge is 2.13. The highest BCUT2D eigenvalue weighted by atomic mass is 79.9. The van der Waals surface area contributed by atoms with E-state index in [2.05, 4.69) is 28.1 Å². The Morgan fingerprint density at radius 1 is 1.31 bits per heavy atom. The summed E-state index contributed by atoms with van der Waals surface area (Å²) in [6.45, 7) is 1.75. The van der Waals surface area contributed by atoms with Crippen LogP contribution in [0.25, 0.3) is 0 Å². The third-order valence-electron chi connectivity index (χ3n) is 2.69. The van der Waals surface area contributed by atoms with E-state index >= 15 is 0 Å². The molecule has 1 aliphatic rings. The highest BCUT2D eigenvalue weighted by molar-refractivity contribution is 9.10. The van der Waals surface area contributed by atoms with Crippen molar-refractivity contribution in [3.63, 3.8) is 0 Å². The Morgan fingerprint density at radius 3 is 3.00 bits per heavy atom. The van der Waals surface area contributed by atoms with Gasteiger partial charge in [0, 0.05) is 10.0 Å². The third kappa shape index (κ3) is 2.75. The Balaban J connectivity index is 2.12. The number of aryl methyl sites for hydroxylation is 1. The van der Waals surface area contributed by atoms with Crippen molar-refractivity contribution in [1.82, 2.24) is 0 Å². The summed E-state index contributed by atoms with van der Waals surface area (Å²) in [6, 6.07) is 4.20. The van der Waals surface area contributed by atoms with Crippen molar-refractivity contribution in [2.24, 2.45) is 5.73 Å². The van der Waals surface area contributed by atoms with Crippen LogP contribution in [-0.4, -0.2) is 13.3 Å². The van der Waals surface area contributed by atoms with Crippen LogP contribution in [0.15, 0.2) is 16.6 Å². The number of benzene rings is 1. The molecule has 3 nitrogen and oxygen atoms in total. The molecular formula is C12H16BrNO2. The Hall–Kier alpha value is -0.580. The molecule has 1 heterocycles. The van der Waals surface area contributed by atoms with Crippen molar-refractivity contribution in [2.75, 3.05) is 13.3 Å². The van der Waals surface area contributed by atoms with Crippen LogP contribution >= 0.6 is 15.9 Å². The Kier molecular flexibility index (Phi) is 4.21. The lowest BCUT2D eigenvalue weighted by Crippen LogP contribution is -2.11. The summed E-state index contributed by atoms with van der Waals surface area (Å²) < 4.78 is 11.8. The minimum Gasteiger partial charge on any atom is -0.467 e. The summed E-state index contributed by atoms with van der Waals surface area (Å²) in [5.41, 5.74) is 7.89. The van der Waals surface area contributed by atoms with Crippen molar-refractivity contribution < 1.29 is 9.47 Å². The Bertz CT molecular complexity index is 368. The SMILES string of the molecule is NCCCCc1cc2c(cc1Br)COCO2. The molecule has 0 spiro atoms. The quantitative estimate of drug-likeness (QED) is 0.865. The van der Waals surface area contributed by atoms with E-state index in [0.717, 1.165) is 41.6 Å². The van der Waals surface area contributed by atoms with Gasteiger partial charge in [-0.25, -0.2) is 0 Å². The molecule has 1 aromatic rings. The van der Waals surface area contributed by atoms with Gasteiger partial charge in [-0.3, -0.25) is 0 Å². The number of unbranched alkanes of at least 4 members (excludes halogenated alkanes) is 1. The lowest BCUT2D eigenvalue weighted by molar-refractivity contribution is -0.0164. The normalized spacial score (nSPS) is 14.4. The van der Waals surface area contributed by atoms with Crippen LogP contribution in [0.2, 0.25) is 0 Å². The van der Waals surface area contributed by atoms with E-state index in [1.165, 1.54) is 5.56 Å². The van der Waals surface area contributed by atoms with Crippen molar-refractivity contribution in [3.8, 4) is 5.75 Å². The lowest BCUT2D eigenvalue weighted by Gasteiger charge is -2.19. The monoisotopic (exact) mass is 285 g/mol. The molecule has 0 bridgehead atoms. The van der Waals surface area contributed by atoms with Gasteiger partial charge in [0.05, 0.1) is 6.61 Å². The van der Waals surface area contributed by atoms with E-state index in [1.54, 1.807) is 0 Å². The average Bonchev–Trinajstić information content (AvgIpc) is 2.30. The van der Waals surface area contributed by atoms with Gasteiger partial charge in [0.2, 0.25) is 0 Å². The van der Waals surface area contributed by atoms with E-state index in [-0.39, 0.29) is 0 Å². The number of fused-ring (bicyclic) bond motifs is 1. The van der Waals surface area contributed by atoms with Gasteiger partial charge in [0.25, 0.3) is 0 Å². The van der Waals surface area contributed by atoms with Crippen molar-refractivity contribution in [1.29, 1.82) is 0 Å². The van der Waals surface area contributed by atoms with Gasteiger partial charge in [0.15, 0.2) is 6.79 Å².